The first-order valence-corrected chi connectivity index (χ1v) is 7.54. The molecular formula is C18H16Cl2. The van der Waals surface area contributed by atoms with Crippen LogP contribution in [-0.2, 0) is 5.41 Å². The van der Waals surface area contributed by atoms with Crippen LogP contribution in [0.3, 0.4) is 0 Å². The molecule has 0 saturated heterocycles. The van der Waals surface area contributed by atoms with Crippen LogP contribution < -0.4 is 0 Å². The Balaban J connectivity index is 2.44. The van der Waals surface area contributed by atoms with E-state index in [4.69, 9.17) is 23.2 Å². The Labute approximate surface area is 130 Å². The van der Waals surface area contributed by atoms with Crippen molar-refractivity contribution in [3.63, 3.8) is 0 Å². The second kappa shape index (κ2) is 4.65. The van der Waals surface area contributed by atoms with Gasteiger partial charge in [0, 0.05) is 26.6 Å². The third-order valence-electron chi connectivity index (χ3n) is 4.53. The number of hydrogen-bond acceptors (Lipinski definition) is 0. The van der Waals surface area contributed by atoms with Crippen molar-refractivity contribution in [3.8, 4) is 0 Å². The molecule has 20 heavy (non-hydrogen) atoms. The summed E-state index contributed by atoms with van der Waals surface area (Å²) in [6, 6.07) is 12.2. The summed E-state index contributed by atoms with van der Waals surface area (Å²) >= 11 is 12.9. The Bertz CT molecular complexity index is 658. The predicted molar refractivity (Wildman–Crippen MR) is 87.8 cm³/mol. The van der Waals surface area contributed by atoms with E-state index in [1.807, 2.05) is 24.3 Å². The van der Waals surface area contributed by atoms with Gasteiger partial charge in [0.1, 0.15) is 0 Å². The van der Waals surface area contributed by atoms with E-state index in [-0.39, 0.29) is 5.41 Å². The van der Waals surface area contributed by atoms with Gasteiger partial charge in [-0.15, -0.1) is 0 Å². The summed E-state index contributed by atoms with van der Waals surface area (Å²) in [6.07, 6.45) is 0.987. The van der Waals surface area contributed by atoms with Gasteiger partial charge in [0.2, 0.25) is 0 Å². The van der Waals surface area contributed by atoms with Crippen LogP contribution in [0.4, 0.5) is 0 Å². The summed E-state index contributed by atoms with van der Waals surface area (Å²) in [6.45, 7) is 8.70. The lowest BCUT2D eigenvalue weighted by atomic mass is 9.65. The molecule has 0 atom stereocenters. The first-order valence-electron chi connectivity index (χ1n) is 6.78. The maximum atomic E-state index is 6.44. The van der Waals surface area contributed by atoms with Crippen LogP contribution in [0, 0.1) is 0 Å². The van der Waals surface area contributed by atoms with Gasteiger partial charge in [-0.3, -0.25) is 0 Å². The van der Waals surface area contributed by atoms with Crippen LogP contribution >= 0.6 is 23.2 Å². The summed E-state index contributed by atoms with van der Waals surface area (Å²) in [7, 11) is 0. The summed E-state index contributed by atoms with van der Waals surface area (Å²) in [5.74, 6) is 0. The van der Waals surface area contributed by atoms with Crippen LogP contribution in [0.5, 0.6) is 0 Å². The molecule has 0 radical (unpaired) electrons. The fraction of sp³-hybridized carbons (Fsp3) is 0.222. The van der Waals surface area contributed by atoms with E-state index >= 15 is 0 Å². The largest absolute Gasteiger partial charge is 0.0904 e. The molecule has 0 fully saturated rings. The van der Waals surface area contributed by atoms with E-state index in [2.05, 4.69) is 32.6 Å². The molecule has 0 aromatic heterocycles. The van der Waals surface area contributed by atoms with Gasteiger partial charge in [0.15, 0.2) is 0 Å². The topological polar surface area (TPSA) is 0 Å². The Kier molecular flexibility index (Phi) is 3.19. The highest BCUT2D eigenvalue weighted by Gasteiger charge is 2.38. The highest BCUT2D eigenvalue weighted by atomic mass is 35.5. The SMILES string of the molecule is C=C1c2c(Cl)cccc2C(C)(CC)c2cccc(Cl)c21. The van der Waals surface area contributed by atoms with Gasteiger partial charge >= 0.3 is 0 Å². The van der Waals surface area contributed by atoms with Crippen molar-refractivity contribution in [3.05, 3.63) is 75.3 Å². The van der Waals surface area contributed by atoms with Crippen LogP contribution in [0.25, 0.3) is 5.57 Å². The molecule has 3 rings (SSSR count). The van der Waals surface area contributed by atoms with Gasteiger partial charge in [0.25, 0.3) is 0 Å². The zero-order valence-electron chi connectivity index (χ0n) is 11.6. The molecule has 0 aliphatic heterocycles. The molecule has 1 aliphatic carbocycles. The lowest BCUT2D eigenvalue weighted by Gasteiger charge is -2.39. The summed E-state index contributed by atoms with van der Waals surface area (Å²) in [5.41, 5.74) is 5.41. The highest BCUT2D eigenvalue weighted by molar-refractivity contribution is 6.35. The third kappa shape index (κ3) is 1.68. The van der Waals surface area contributed by atoms with E-state index in [9.17, 15) is 0 Å². The maximum absolute atomic E-state index is 6.44. The van der Waals surface area contributed by atoms with Gasteiger partial charge in [0.05, 0.1) is 0 Å². The minimum absolute atomic E-state index is 0.0817. The molecule has 0 unspecified atom stereocenters. The third-order valence-corrected chi connectivity index (χ3v) is 5.16. The molecule has 0 saturated carbocycles. The predicted octanol–water partition coefficient (Wildman–Crippen LogP) is 6.08. The van der Waals surface area contributed by atoms with E-state index in [1.54, 1.807) is 0 Å². The Morgan fingerprint density at radius 3 is 1.80 bits per heavy atom. The summed E-state index contributed by atoms with van der Waals surface area (Å²) in [4.78, 5) is 0. The van der Waals surface area contributed by atoms with E-state index in [1.165, 1.54) is 11.1 Å². The molecule has 1 aliphatic rings. The standard InChI is InChI=1S/C18H16Cl2/c1-4-18(3)12-7-5-9-14(19)16(12)11(2)17-13(18)8-6-10-15(17)20/h5-10H,2,4H2,1,3H3. The molecular weight excluding hydrogens is 287 g/mol. The normalized spacial score (nSPS) is 15.7. The van der Waals surface area contributed by atoms with Crippen molar-refractivity contribution < 1.29 is 0 Å². The number of benzene rings is 2. The minimum atomic E-state index is -0.0817. The summed E-state index contributed by atoms with van der Waals surface area (Å²) in [5, 5.41) is 1.50. The summed E-state index contributed by atoms with van der Waals surface area (Å²) < 4.78 is 0. The van der Waals surface area contributed by atoms with Gasteiger partial charge in [-0.05, 0) is 35.3 Å². The van der Waals surface area contributed by atoms with Crippen LogP contribution in [0.15, 0.2) is 43.0 Å². The van der Waals surface area contributed by atoms with Crippen molar-refractivity contribution in [1.29, 1.82) is 0 Å². The van der Waals surface area contributed by atoms with Crippen LogP contribution in [-0.4, -0.2) is 0 Å². The molecule has 102 valence electrons. The Morgan fingerprint density at radius 1 is 0.950 bits per heavy atom. The zero-order valence-corrected chi connectivity index (χ0v) is 13.1. The molecule has 0 amide bonds. The first kappa shape index (κ1) is 13.7. The van der Waals surface area contributed by atoms with Gasteiger partial charge in [-0.1, -0.05) is 67.9 Å². The minimum Gasteiger partial charge on any atom is -0.0904 e. The van der Waals surface area contributed by atoms with E-state index in [0.717, 1.165) is 33.2 Å². The van der Waals surface area contributed by atoms with Crippen molar-refractivity contribution in [2.24, 2.45) is 0 Å². The molecule has 2 aromatic carbocycles. The molecule has 2 heteroatoms. The molecule has 0 N–H and O–H groups in total. The molecule has 0 bridgehead atoms. The number of fused-ring (bicyclic) bond motifs is 2. The van der Waals surface area contributed by atoms with Gasteiger partial charge in [-0.25, -0.2) is 0 Å². The van der Waals surface area contributed by atoms with E-state index < -0.39 is 0 Å². The maximum Gasteiger partial charge on any atom is 0.0487 e. The average Bonchev–Trinajstić information content (AvgIpc) is 2.44. The fourth-order valence-corrected chi connectivity index (χ4v) is 3.81. The number of rotatable bonds is 1. The smallest absolute Gasteiger partial charge is 0.0487 e. The Hall–Kier alpha value is -1.24. The average molecular weight is 303 g/mol. The fourth-order valence-electron chi connectivity index (χ4n) is 3.23. The van der Waals surface area contributed by atoms with Crippen molar-refractivity contribution in [2.45, 2.75) is 25.7 Å². The molecule has 2 aromatic rings. The van der Waals surface area contributed by atoms with Crippen molar-refractivity contribution in [1.82, 2.24) is 0 Å². The van der Waals surface area contributed by atoms with Crippen LogP contribution in [0.1, 0.15) is 42.5 Å². The zero-order chi connectivity index (χ0) is 14.5. The molecule has 0 nitrogen and oxygen atoms in total. The second-order valence-corrected chi connectivity index (χ2v) is 6.30. The van der Waals surface area contributed by atoms with E-state index in [0.29, 0.717) is 0 Å². The number of hydrogen-bond donors (Lipinski definition) is 0. The quantitative estimate of drug-likeness (QED) is 0.598. The first-order chi connectivity index (χ1) is 9.50. The van der Waals surface area contributed by atoms with Crippen molar-refractivity contribution in [2.75, 3.05) is 0 Å². The van der Waals surface area contributed by atoms with Gasteiger partial charge < -0.3 is 0 Å². The monoisotopic (exact) mass is 302 g/mol. The number of halogens is 2. The molecule has 0 spiro atoms. The highest BCUT2D eigenvalue weighted by Crippen LogP contribution is 2.51. The van der Waals surface area contributed by atoms with Gasteiger partial charge in [-0.2, -0.15) is 0 Å². The molecule has 0 heterocycles. The van der Waals surface area contributed by atoms with Crippen LogP contribution in [0.2, 0.25) is 10.0 Å². The second-order valence-electron chi connectivity index (χ2n) is 5.49. The van der Waals surface area contributed by atoms with Crippen molar-refractivity contribution >= 4 is 28.8 Å². The Morgan fingerprint density at radius 2 is 1.40 bits per heavy atom. The lowest BCUT2D eigenvalue weighted by molar-refractivity contribution is 0.542. The lowest BCUT2D eigenvalue weighted by Crippen LogP contribution is -2.29.